The first-order valence-electron chi connectivity index (χ1n) is 7.00. The molecule has 1 aromatic carbocycles. The summed E-state index contributed by atoms with van der Waals surface area (Å²) in [6.45, 7) is 7.10. The van der Waals surface area contributed by atoms with Crippen molar-refractivity contribution in [2.75, 3.05) is 26.2 Å². The molecule has 1 N–H and O–H groups in total. The number of ether oxygens (including phenoxy) is 1. The molecule has 1 aliphatic heterocycles. The average Bonchev–Trinajstić information content (AvgIpc) is 2.59. The van der Waals surface area contributed by atoms with E-state index in [-0.39, 0.29) is 5.91 Å². The Labute approximate surface area is 114 Å². The maximum Gasteiger partial charge on any atom is 0.257 e. The topological polar surface area (TPSA) is 41.6 Å². The van der Waals surface area contributed by atoms with Crippen LogP contribution in [0, 0.1) is 0 Å². The quantitative estimate of drug-likeness (QED) is 0.881. The number of rotatable bonds is 5. The summed E-state index contributed by atoms with van der Waals surface area (Å²) >= 11 is 0. The average molecular weight is 262 g/mol. The van der Waals surface area contributed by atoms with Crippen molar-refractivity contribution in [3.8, 4) is 5.75 Å². The summed E-state index contributed by atoms with van der Waals surface area (Å²) in [4.78, 5) is 14.4. The smallest absolute Gasteiger partial charge is 0.257 e. The van der Waals surface area contributed by atoms with Crippen molar-refractivity contribution in [2.24, 2.45) is 0 Å². The van der Waals surface area contributed by atoms with Crippen LogP contribution in [0.2, 0.25) is 0 Å². The Hall–Kier alpha value is -1.55. The van der Waals surface area contributed by atoms with Gasteiger partial charge in [-0.25, -0.2) is 0 Å². The van der Waals surface area contributed by atoms with E-state index >= 15 is 0 Å². The van der Waals surface area contributed by atoms with E-state index in [1.807, 2.05) is 29.2 Å². The molecule has 1 aliphatic rings. The number of benzene rings is 1. The Morgan fingerprint density at radius 1 is 1.37 bits per heavy atom. The number of hydrogen-bond acceptors (Lipinski definition) is 3. The first-order valence-corrected chi connectivity index (χ1v) is 7.00. The van der Waals surface area contributed by atoms with Crippen molar-refractivity contribution in [3.63, 3.8) is 0 Å². The predicted octanol–water partition coefficient (Wildman–Crippen LogP) is 1.91. The van der Waals surface area contributed by atoms with Crippen molar-refractivity contribution in [3.05, 3.63) is 29.8 Å². The number of para-hydroxylation sites is 1. The van der Waals surface area contributed by atoms with Crippen LogP contribution in [0.25, 0.3) is 0 Å². The van der Waals surface area contributed by atoms with Gasteiger partial charge in [-0.05, 0) is 25.1 Å². The van der Waals surface area contributed by atoms with Gasteiger partial charge in [-0.1, -0.05) is 26.0 Å². The van der Waals surface area contributed by atoms with Crippen LogP contribution in [-0.4, -0.2) is 43.1 Å². The van der Waals surface area contributed by atoms with E-state index in [0.29, 0.717) is 30.5 Å². The van der Waals surface area contributed by atoms with Crippen LogP contribution in [0.5, 0.6) is 5.75 Å². The summed E-state index contributed by atoms with van der Waals surface area (Å²) in [5.41, 5.74) is 0.673. The van der Waals surface area contributed by atoms with E-state index in [9.17, 15) is 4.79 Å². The van der Waals surface area contributed by atoms with Gasteiger partial charge in [-0.15, -0.1) is 0 Å². The lowest BCUT2D eigenvalue weighted by Crippen LogP contribution is -2.44. The van der Waals surface area contributed by atoms with E-state index in [1.165, 1.54) is 0 Å². The lowest BCUT2D eigenvalue weighted by atomic mass is 10.1. The Kier molecular flexibility index (Phi) is 4.80. The Morgan fingerprint density at radius 3 is 2.89 bits per heavy atom. The Balaban J connectivity index is 2.12. The van der Waals surface area contributed by atoms with Crippen molar-refractivity contribution < 1.29 is 9.53 Å². The molecular formula is C15H22N2O2. The SMILES string of the molecule is CCNC(CC)CN1CCOc2ccccc2C1=O. The molecule has 0 bridgehead atoms. The van der Waals surface area contributed by atoms with Gasteiger partial charge in [0.05, 0.1) is 12.1 Å². The van der Waals surface area contributed by atoms with E-state index < -0.39 is 0 Å². The highest BCUT2D eigenvalue weighted by molar-refractivity contribution is 5.97. The second-order valence-electron chi connectivity index (χ2n) is 4.76. The summed E-state index contributed by atoms with van der Waals surface area (Å²) in [6, 6.07) is 7.82. The molecule has 2 rings (SSSR count). The number of likely N-dealkylation sites (N-methyl/N-ethyl adjacent to an activating group) is 1. The highest BCUT2D eigenvalue weighted by Crippen LogP contribution is 2.22. The molecule has 1 aromatic rings. The van der Waals surface area contributed by atoms with Gasteiger partial charge < -0.3 is 15.0 Å². The van der Waals surface area contributed by atoms with E-state index in [1.54, 1.807) is 0 Å². The lowest BCUT2D eigenvalue weighted by Gasteiger charge is -2.26. The highest BCUT2D eigenvalue weighted by Gasteiger charge is 2.24. The van der Waals surface area contributed by atoms with Gasteiger partial charge in [0.1, 0.15) is 12.4 Å². The van der Waals surface area contributed by atoms with Gasteiger partial charge in [0, 0.05) is 12.6 Å². The molecule has 19 heavy (non-hydrogen) atoms. The van der Waals surface area contributed by atoms with Gasteiger partial charge in [0.2, 0.25) is 0 Å². The standard InChI is InChI=1S/C15H22N2O2/c1-3-12(16-4-2)11-17-9-10-19-14-8-6-5-7-13(14)15(17)18/h5-8,12,16H,3-4,9-11H2,1-2H3. The van der Waals surface area contributed by atoms with Crippen LogP contribution < -0.4 is 10.1 Å². The Morgan fingerprint density at radius 2 is 2.16 bits per heavy atom. The molecular weight excluding hydrogens is 240 g/mol. The molecule has 1 atom stereocenters. The van der Waals surface area contributed by atoms with E-state index in [0.717, 1.165) is 19.5 Å². The molecule has 104 valence electrons. The summed E-state index contributed by atoms with van der Waals surface area (Å²) in [7, 11) is 0. The van der Waals surface area contributed by atoms with Crippen LogP contribution in [0.15, 0.2) is 24.3 Å². The van der Waals surface area contributed by atoms with Crippen LogP contribution >= 0.6 is 0 Å². The van der Waals surface area contributed by atoms with Crippen molar-refractivity contribution in [2.45, 2.75) is 26.3 Å². The first kappa shape index (κ1) is 13.9. The van der Waals surface area contributed by atoms with Crippen molar-refractivity contribution >= 4 is 5.91 Å². The molecule has 0 saturated heterocycles. The Bertz CT molecular complexity index is 434. The summed E-state index contributed by atoms with van der Waals surface area (Å²) in [5.74, 6) is 0.774. The lowest BCUT2D eigenvalue weighted by molar-refractivity contribution is 0.0737. The van der Waals surface area contributed by atoms with Crippen molar-refractivity contribution in [1.82, 2.24) is 10.2 Å². The van der Waals surface area contributed by atoms with Crippen LogP contribution in [0.1, 0.15) is 30.6 Å². The third-order valence-electron chi connectivity index (χ3n) is 3.45. The van der Waals surface area contributed by atoms with E-state index in [4.69, 9.17) is 4.74 Å². The van der Waals surface area contributed by atoms with E-state index in [2.05, 4.69) is 19.2 Å². The zero-order valence-electron chi connectivity index (χ0n) is 11.7. The molecule has 0 radical (unpaired) electrons. The minimum Gasteiger partial charge on any atom is -0.491 e. The molecule has 0 aromatic heterocycles. The van der Waals surface area contributed by atoms with Gasteiger partial charge in [0.15, 0.2) is 0 Å². The molecule has 0 spiro atoms. The van der Waals surface area contributed by atoms with Gasteiger partial charge in [-0.3, -0.25) is 4.79 Å². The normalized spacial score (nSPS) is 16.5. The van der Waals surface area contributed by atoms with Gasteiger partial charge in [-0.2, -0.15) is 0 Å². The van der Waals surface area contributed by atoms with Gasteiger partial charge >= 0.3 is 0 Å². The first-order chi connectivity index (χ1) is 9.26. The monoisotopic (exact) mass is 262 g/mol. The van der Waals surface area contributed by atoms with Crippen molar-refractivity contribution in [1.29, 1.82) is 0 Å². The summed E-state index contributed by atoms with van der Waals surface area (Å²) in [5, 5.41) is 3.41. The fourth-order valence-corrected chi connectivity index (χ4v) is 2.37. The third kappa shape index (κ3) is 3.26. The molecule has 4 nitrogen and oxygen atoms in total. The largest absolute Gasteiger partial charge is 0.491 e. The second-order valence-corrected chi connectivity index (χ2v) is 4.76. The van der Waals surface area contributed by atoms with Crippen LogP contribution in [0.3, 0.4) is 0 Å². The molecule has 4 heteroatoms. The number of nitrogens with zero attached hydrogens (tertiary/aromatic N) is 1. The maximum atomic E-state index is 12.5. The molecule has 1 unspecified atom stereocenters. The van der Waals surface area contributed by atoms with Crippen LogP contribution in [0.4, 0.5) is 0 Å². The molecule has 1 amide bonds. The maximum absolute atomic E-state index is 12.5. The molecule has 0 saturated carbocycles. The number of hydrogen-bond donors (Lipinski definition) is 1. The molecule has 0 fully saturated rings. The van der Waals surface area contributed by atoms with Gasteiger partial charge in [0.25, 0.3) is 5.91 Å². The predicted molar refractivity (Wildman–Crippen MR) is 75.6 cm³/mol. The number of nitrogens with one attached hydrogen (secondary N) is 1. The fraction of sp³-hybridized carbons (Fsp3) is 0.533. The highest BCUT2D eigenvalue weighted by atomic mass is 16.5. The molecule has 1 heterocycles. The zero-order valence-corrected chi connectivity index (χ0v) is 11.7. The number of carbonyl (C=O) groups is 1. The fourth-order valence-electron chi connectivity index (χ4n) is 2.37. The third-order valence-corrected chi connectivity index (χ3v) is 3.45. The number of carbonyl (C=O) groups excluding carboxylic acids is 1. The number of fused-ring (bicyclic) bond motifs is 1. The zero-order chi connectivity index (χ0) is 13.7. The minimum absolute atomic E-state index is 0.0736. The number of amides is 1. The summed E-state index contributed by atoms with van der Waals surface area (Å²) < 4.78 is 5.64. The summed E-state index contributed by atoms with van der Waals surface area (Å²) in [6.07, 6.45) is 1.01. The minimum atomic E-state index is 0.0736. The molecule has 0 aliphatic carbocycles. The van der Waals surface area contributed by atoms with Crippen LogP contribution in [-0.2, 0) is 0 Å². The second kappa shape index (κ2) is 6.57.